The number of nitrogens with one attached hydrogen (secondary N) is 1. The molecule has 2 unspecified atom stereocenters. The summed E-state index contributed by atoms with van der Waals surface area (Å²) in [5.74, 6) is 1.91. The summed E-state index contributed by atoms with van der Waals surface area (Å²) < 4.78 is 5.46. The molecule has 2 nitrogen and oxygen atoms in total. The Morgan fingerprint density at radius 3 is 3.12 bits per heavy atom. The summed E-state index contributed by atoms with van der Waals surface area (Å²) in [4.78, 5) is 0. The highest BCUT2D eigenvalue weighted by Crippen LogP contribution is 2.35. The fourth-order valence-corrected chi connectivity index (χ4v) is 3.23. The van der Waals surface area contributed by atoms with E-state index in [1.807, 2.05) is 0 Å². The predicted octanol–water partition coefficient (Wildman–Crippen LogP) is 2.16. The molecule has 0 radical (unpaired) electrons. The Hall–Kier alpha value is -1.02. The Labute approximate surface area is 97.0 Å². The minimum absolute atomic E-state index is 0.678. The monoisotopic (exact) mass is 217 g/mol. The summed E-state index contributed by atoms with van der Waals surface area (Å²) in [5, 5.41) is 3.66. The molecule has 86 valence electrons. The van der Waals surface area contributed by atoms with Gasteiger partial charge < -0.3 is 10.1 Å². The zero-order valence-electron chi connectivity index (χ0n) is 9.83. The molecule has 0 saturated carbocycles. The van der Waals surface area contributed by atoms with Gasteiger partial charge in [-0.3, -0.25) is 0 Å². The van der Waals surface area contributed by atoms with Crippen molar-refractivity contribution in [2.45, 2.75) is 31.7 Å². The van der Waals surface area contributed by atoms with Gasteiger partial charge >= 0.3 is 0 Å². The van der Waals surface area contributed by atoms with Crippen molar-refractivity contribution in [3.8, 4) is 5.75 Å². The van der Waals surface area contributed by atoms with Gasteiger partial charge in [-0.2, -0.15) is 0 Å². The normalized spacial score (nSPS) is 28.1. The Morgan fingerprint density at radius 1 is 1.31 bits per heavy atom. The molecule has 1 saturated heterocycles. The summed E-state index contributed by atoms with van der Waals surface area (Å²) in [6.07, 6.45) is 5.09. The van der Waals surface area contributed by atoms with Gasteiger partial charge in [-0.05, 0) is 55.3 Å². The molecule has 1 aromatic carbocycles. The first-order valence-corrected chi connectivity index (χ1v) is 6.26. The summed E-state index contributed by atoms with van der Waals surface area (Å²) in [6, 6.07) is 7.15. The number of benzene rings is 1. The topological polar surface area (TPSA) is 21.3 Å². The molecular weight excluding hydrogens is 198 g/mol. The third kappa shape index (κ3) is 1.61. The van der Waals surface area contributed by atoms with E-state index in [4.69, 9.17) is 4.74 Å². The van der Waals surface area contributed by atoms with Crippen molar-refractivity contribution in [3.63, 3.8) is 0 Å². The van der Waals surface area contributed by atoms with Gasteiger partial charge in [0.05, 0.1) is 7.11 Å². The molecule has 2 aliphatic rings. The second-order valence-corrected chi connectivity index (χ2v) is 4.97. The fourth-order valence-electron chi connectivity index (χ4n) is 3.23. The van der Waals surface area contributed by atoms with E-state index in [-0.39, 0.29) is 0 Å². The Balaban J connectivity index is 1.95. The van der Waals surface area contributed by atoms with Crippen LogP contribution in [0, 0.1) is 5.92 Å². The van der Waals surface area contributed by atoms with E-state index in [1.54, 1.807) is 7.11 Å². The third-order valence-electron chi connectivity index (χ3n) is 4.08. The van der Waals surface area contributed by atoms with Gasteiger partial charge in [-0.1, -0.05) is 12.1 Å². The minimum atomic E-state index is 0.678. The predicted molar refractivity (Wildman–Crippen MR) is 64.9 cm³/mol. The van der Waals surface area contributed by atoms with Gasteiger partial charge in [0.1, 0.15) is 5.75 Å². The van der Waals surface area contributed by atoms with Crippen LogP contribution < -0.4 is 10.1 Å². The maximum Gasteiger partial charge on any atom is 0.122 e. The van der Waals surface area contributed by atoms with Crippen LogP contribution in [0.4, 0.5) is 0 Å². The van der Waals surface area contributed by atoms with E-state index in [2.05, 4.69) is 23.5 Å². The summed E-state index contributed by atoms with van der Waals surface area (Å²) >= 11 is 0. The Morgan fingerprint density at radius 2 is 2.25 bits per heavy atom. The minimum Gasteiger partial charge on any atom is -0.496 e. The Bertz CT molecular complexity index is 388. The van der Waals surface area contributed by atoms with Crippen LogP contribution in [-0.4, -0.2) is 19.7 Å². The number of rotatable bonds is 1. The van der Waals surface area contributed by atoms with Gasteiger partial charge in [0, 0.05) is 6.04 Å². The van der Waals surface area contributed by atoms with Crippen LogP contribution in [0.25, 0.3) is 0 Å². The highest BCUT2D eigenvalue weighted by Gasteiger charge is 2.31. The molecular formula is C14H19NO. The number of ether oxygens (including phenoxy) is 1. The van der Waals surface area contributed by atoms with Crippen molar-refractivity contribution in [3.05, 3.63) is 29.3 Å². The summed E-state index contributed by atoms with van der Waals surface area (Å²) in [6.45, 7) is 1.19. The highest BCUT2D eigenvalue weighted by molar-refractivity contribution is 5.43. The average Bonchev–Trinajstić information content (AvgIpc) is 2.35. The smallest absolute Gasteiger partial charge is 0.122 e. The van der Waals surface area contributed by atoms with E-state index in [0.29, 0.717) is 6.04 Å². The van der Waals surface area contributed by atoms with Gasteiger partial charge in [-0.25, -0.2) is 0 Å². The zero-order valence-corrected chi connectivity index (χ0v) is 9.83. The molecule has 2 heteroatoms. The molecule has 0 aromatic heterocycles. The van der Waals surface area contributed by atoms with Crippen molar-refractivity contribution in [1.82, 2.24) is 5.32 Å². The zero-order chi connectivity index (χ0) is 11.0. The Kier molecular flexibility index (Phi) is 2.60. The number of piperidine rings is 1. The van der Waals surface area contributed by atoms with Crippen LogP contribution in [0.5, 0.6) is 5.75 Å². The van der Waals surface area contributed by atoms with Crippen molar-refractivity contribution in [2.75, 3.05) is 13.7 Å². The van der Waals surface area contributed by atoms with Crippen LogP contribution in [0.2, 0.25) is 0 Å². The molecule has 16 heavy (non-hydrogen) atoms. The SMILES string of the molecule is COc1cccc2c1CC1NCCCC1C2. The molecule has 1 fully saturated rings. The lowest BCUT2D eigenvalue weighted by molar-refractivity contribution is 0.260. The summed E-state index contributed by atoms with van der Waals surface area (Å²) in [7, 11) is 1.77. The second-order valence-electron chi connectivity index (χ2n) is 4.97. The number of methoxy groups -OCH3 is 1. The van der Waals surface area contributed by atoms with Crippen LogP contribution in [-0.2, 0) is 12.8 Å². The lowest BCUT2D eigenvalue weighted by Crippen LogP contribution is -2.46. The first-order valence-electron chi connectivity index (χ1n) is 6.26. The van der Waals surface area contributed by atoms with Crippen LogP contribution in [0.1, 0.15) is 24.0 Å². The van der Waals surface area contributed by atoms with Crippen molar-refractivity contribution < 1.29 is 4.74 Å². The van der Waals surface area contributed by atoms with Gasteiger partial charge in [0.25, 0.3) is 0 Å². The molecule has 1 aliphatic carbocycles. The van der Waals surface area contributed by atoms with Crippen LogP contribution in [0.15, 0.2) is 18.2 Å². The molecule has 3 rings (SSSR count). The number of fused-ring (bicyclic) bond motifs is 2. The van der Waals surface area contributed by atoms with E-state index in [9.17, 15) is 0 Å². The lowest BCUT2D eigenvalue weighted by Gasteiger charge is -2.37. The van der Waals surface area contributed by atoms with Gasteiger partial charge in [-0.15, -0.1) is 0 Å². The molecule has 0 spiro atoms. The molecule has 1 heterocycles. The van der Waals surface area contributed by atoms with Crippen LogP contribution >= 0.6 is 0 Å². The maximum atomic E-state index is 5.46. The molecule has 0 bridgehead atoms. The van der Waals surface area contributed by atoms with Gasteiger partial charge in [0.15, 0.2) is 0 Å². The molecule has 0 amide bonds. The van der Waals surface area contributed by atoms with Gasteiger partial charge in [0.2, 0.25) is 0 Å². The summed E-state index contributed by atoms with van der Waals surface area (Å²) in [5.41, 5.74) is 2.94. The van der Waals surface area contributed by atoms with E-state index in [0.717, 1.165) is 18.1 Å². The maximum absolute atomic E-state index is 5.46. The van der Waals surface area contributed by atoms with E-state index >= 15 is 0 Å². The fraction of sp³-hybridized carbons (Fsp3) is 0.571. The third-order valence-corrected chi connectivity index (χ3v) is 4.08. The van der Waals surface area contributed by atoms with Crippen LogP contribution in [0.3, 0.4) is 0 Å². The highest BCUT2D eigenvalue weighted by atomic mass is 16.5. The van der Waals surface area contributed by atoms with Crippen molar-refractivity contribution in [2.24, 2.45) is 5.92 Å². The number of hydrogen-bond donors (Lipinski definition) is 1. The largest absolute Gasteiger partial charge is 0.496 e. The van der Waals surface area contributed by atoms with Crippen molar-refractivity contribution in [1.29, 1.82) is 0 Å². The average molecular weight is 217 g/mol. The first-order chi connectivity index (χ1) is 7.88. The van der Waals surface area contributed by atoms with E-state index in [1.165, 1.54) is 36.9 Å². The molecule has 1 aromatic rings. The molecule has 2 atom stereocenters. The standard InChI is InChI=1S/C14H19NO/c1-16-14-6-2-4-10-8-11-5-3-7-15-13(11)9-12(10)14/h2,4,6,11,13,15H,3,5,7-9H2,1H3. The number of hydrogen-bond acceptors (Lipinski definition) is 2. The molecule has 1 N–H and O–H groups in total. The second kappa shape index (κ2) is 4.10. The van der Waals surface area contributed by atoms with Crippen molar-refractivity contribution >= 4 is 0 Å². The van der Waals surface area contributed by atoms with E-state index < -0.39 is 0 Å². The lowest BCUT2D eigenvalue weighted by atomic mass is 9.76. The quantitative estimate of drug-likeness (QED) is 0.778. The first kappa shape index (κ1) is 10.2. The molecule has 1 aliphatic heterocycles.